The molecule has 0 aliphatic carbocycles. The molecule has 3 rings (SSSR count). The number of nitrogens with zero attached hydrogens (tertiary/aromatic N) is 2. The Kier molecular flexibility index (Phi) is 6.05. The van der Waals surface area contributed by atoms with Crippen LogP contribution in [0, 0.1) is 0 Å². The van der Waals surface area contributed by atoms with Crippen LogP contribution in [0.25, 0.3) is 0 Å². The van der Waals surface area contributed by atoms with Gasteiger partial charge in [0.1, 0.15) is 5.82 Å². The molecule has 0 aliphatic heterocycles. The lowest BCUT2D eigenvalue weighted by molar-refractivity contribution is 0.102. The summed E-state index contributed by atoms with van der Waals surface area (Å²) in [4.78, 5) is 18.8. The van der Waals surface area contributed by atoms with E-state index in [1.54, 1.807) is 18.3 Å². The van der Waals surface area contributed by atoms with Gasteiger partial charge in [0.05, 0.1) is 11.9 Å². The third-order valence-electron chi connectivity index (χ3n) is 4.33. The maximum Gasteiger partial charge on any atom is 0.255 e. The van der Waals surface area contributed by atoms with Gasteiger partial charge in [-0.25, -0.2) is 4.98 Å². The molecule has 1 aromatic heterocycles. The molecule has 138 valence electrons. The van der Waals surface area contributed by atoms with Gasteiger partial charge in [-0.15, -0.1) is 0 Å². The van der Waals surface area contributed by atoms with Gasteiger partial charge in [0.15, 0.2) is 0 Å². The second-order valence-corrected chi connectivity index (χ2v) is 6.10. The van der Waals surface area contributed by atoms with E-state index in [9.17, 15) is 4.79 Å². The van der Waals surface area contributed by atoms with Crippen molar-refractivity contribution >= 4 is 28.8 Å². The Bertz CT molecular complexity index is 857. The van der Waals surface area contributed by atoms with Gasteiger partial charge in [-0.1, -0.05) is 18.2 Å². The van der Waals surface area contributed by atoms with Gasteiger partial charge in [-0.3, -0.25) is 4.79 Å². The molecular weight excluding hydrogens is 336 g/mol. The van der Waals surface area contributed by atoms with Gasteiger partial charge in [-0.05, 0) is 62.4 Å². The van der Waals surface area contributed by atoms with Crippen molar-refractivity contribution < 1.29 is 4.79 Å². The molecule has 27 heavy (non-hydrogen) atoms. The normalized spacial score (nSPS) is 10.3. The molecule has 0 unspecified atom stereocenters. The number of carbonyl (C=O) groups is 1. The smallest absolute Gasteiger partial charge is 0.255 e. The maximum atomic E-state index is 12.2. The van der Waals surface area contributed by atoms with Crippen LogP contribution in [0.3, 0.4) is 0 Å². The molecule has 1 amide bonds. The van der Waals surface area contributed by atoms with Crippen LogP contribution in [0.4, 0.5) is 22.9 Å². The van der Waals surface area contributed by atoms with E-state index in [4.69, 9.17) is 0 Å². The number of hydrogen-bond acceptors (Lipinski definition) is 4. The van der Waals surface area contributed by atoms with E-state index >= 15 is 0 Å². The summed E-state index contributed by atoms with van der Waals surface area (Å²) >= 11 is 0. The summed E-state index contributed by atoms with van der Waals surface area (Å²) in [6.07, 6.45) is 1.65. The van der Waals surface area contributed by atoms with Gasteiger partial charge in [-0.2, -0.15) is 0 Å². The molecule has 0 bridgehead atoms. The predicted octanol–water partition coefficient (Wildman–Crippen LogP) is 4.92. The Balaban J connectivity index is 1.61. The van der Waals surface area contributed by atoms with E-state index in [-0.39, 0.29) is 5.91 Å². The zero-order valence-electron chi connectivity index (χ0n) is 15.6. The number of rotatable bonds is 7. The molecule has 1 heterocycles. The van der Waals surface area contributed by atoms with E-state index in [1.807, 2.05) is 42.5 Å². The first-order valence-electron chi connectivity index (χ1n) is 9.14. The summed E-state index contributed by atoms with van der Waals surface area (Å²) in [7, 11) is 0. The van der Waals surface area contributed by atoms with Gasteiger partial charge in [0.25, 0.3) is 5.91 Å². The fraction of sp³-hybridized carbons (Fsp3) is 0.182. The van der Waals surface area contributed by atoms with Crippen LogP contribution in [0.15, 0.2) is 72.9 Å². The number of hydrogen-bond donors (Lipinski definition) is 2. The molecule has 0 radical (unpaired) electrons. The van der Waals surface area contributed by atoms with Crippen molar-refractivity contribution in [2.24, 2.45) is 0 Å². The number of benzene rings is 2. The Hall–Kier alpha value is -3.34. The number of aromatic nitrogens is 1. The third-order valence-corrected chi connectivity index (χ3v) is 4.33. The van der Waals surface area contributed by atoms with Crippen LogP contribution in [-0.2, 0) is 0 Å². The Morgan fingerprint density at radius 1 is 0.889 bits per heavy atom. The minimum atomic E-state index is -0.148. The largest absolute Gasteiger partial charge is 0.372 e. The van der Waals surface area contributed by atoms with E-state index in [0.29, 0.717) is 11.3 Å². The number of carbonyl (C=O) groups excluding carboxylic acids is 1. The minimum Gasteiger partial charge on any atom is -0.372 e. The lowest BCUT2D eigenvalue weighted by atomic mass is 10.2. The molecule has 0 spiro atoms. The first-order valence-corrected chi connectivity index (χ1v) is 9.14. The number of pyridine rings is 1. The first kappa shape index (κ1) is 18.5. The Labute approximate surface area is 160 Å². The number of amides is 1. The molecule has 0 saturated heterocycles. The molecule has 3 aromatic rings. The molecule has 5 heteroatoms. The number of nitrogens with one attached hydrogen (secondary N) is 2. The zero-order chi connectivity index (χ0) is 19.1. The Morgan fingerprint density at radius 3 is 2.15 bits per heavy atom. The van der Waals surface area contributed by atoms with Crippen molar-refractivity contribution in [3.05, 3.63) is 78.5 Å². The zero-order valence-corrected chi connectivity index (χ0v) is 15.6. The molecule has 0 atom stereocenters. The van der Waals surface area contributed by atoms with Crippen molar-refractivity contribution in [1.82, 2.24) is 4.98 Å². The van der Waals surface area contributed by atoms with Crippen LogP contribution in [0.5, 0.6) is 0 Å². The fourth-order valence-electron chi connectivity index (χ4n) is 2.83. The van der Waals surface area contributed by atoms with E-state index in [0.717, 1.165) is 24.6 Å². The van der Waals surface area contributed by atoms with E-state index in [2.05, 4.69) is 46.5 Å². The van der Waals surface area contributed by atoms with Crippen LogP contribution in [0.2, 0.25) is 0 Å². The van der Waals surface area contributed by atoms with E-state index in [1.165, 1.54) is 5.69 Å². The Morgan fingerprint density at radius 2 is 1.56 bits per heavy atom. The topological polar surface area (TPSA) is 57.3 Å². The summed E-state index contributed by atoms with van der Waals surface area (Å²) in [6.45, 7) is 6.28. The highest BCUT2D eigenvalue weighted by Gasteiger charge is 2.06. The molecule has 2 N–H and O–H groups in total. The van der Waals surface area contributed by atoms with Crippen LogP contribution in [0.1, 0.15) is 24.2 Å². The number of anilines is 4. The maximum absolute atomic E-state index is 12.2. The molecule has 0 aliphatic rings. The molecular formula is C22H24N4O. The summed E-state index contributed by atoms with van der Waals surface area (Å²) in [5, 5.41) is 6.12. The highest BCUT2D eigenvalue weighted by molar-refractivity contribution is 6.04. The average molecular weight is 360 g/mol. The van der Waals surface area contributed by atoms with Gasteiger partial charge < -0.3 is 15.5 Å². The second kappa shape index (κ2) is 8.85. The van der Waals surface area contributed by atoms with Crippen LogP contribution < -0.4 is 15.5 Å². The van der Waals surface area contributed by atoms with Crippen molar-refractivity contribution in [2.45, 2.75) is 13.8 Å². The summed E-state index contributed by atoms with van der Waals surface area (Å²) in [5.41, 5.74) is 3.45. The molecule has 0 saturated carbocycles. The fourth-order valence-corrected chi connectivity index (χ4v) is 2.83. The summed E-state index contributed by atoms with van der Waals surface area (Å²) in [5.74, 6) is 0.577. The van der Waals surface area contributed by atoms with Crippen LogP contribution in [-0.4, -0.2) is 24.0 Å². The third kappa shape index (κ3) is 4.85. The highest BCUT2D eigenvalue weighted by atomic mass is 16.1. The van der Waals surface area contributed by atoms with Gasteiger partial charge in [0, 0.05) is 30.0 Å². The van der Waals surface area contributed by atoms with Crippen molar-refractivity contribution in [1.29, 1.82) is 0 Å². The first-order chi connectivity index (χ1) is 13.2. The summed E-state index contributed by atoms with van der Waals surface area (Å²) < 4.78 is 0. The van der Waals surface area contributed by atoms with Gasteiger partial charge >= 0.3 is 0 Å². The molecule has 0 fully saturated rings. The minimum absolute atomic E-state index is 0.148. The van der Waals surface area contributed by atoms with Crippen LogP contribution >= 0.6 is 0 Å². The van der Waals surface area contributed by atoms with E-state index < -0.39 is 0 Å². The highest BCUT2D eigenvalue weighted by Crippen LogP contribution is 2.21. The van der Waals surface area contributed by atoms with Crippen molar-refractivity contribution in [3.8, 4) is 0 Å². The lowest BCUT2D eigenvalue weighted by Crippen LogP contribution is -2.21. The second-order valence-electron chi connectivity index (χ2n) is 6.10. The van der Waals surface area contributed by atoms with Crippen molar-refractivity contribution in [3.63, 3.8) is 0 Å². The SMILES string of the molecule is CCN(CC)c1ccc(Nc2ccc(NC(=O)c3ccccc3)cn2)cc1. The predicted molar refractivity (Wildman–Crippen MR) is 112 cm³/mol. The molecule has 5 nitrogen and oxygen atoms in total. The lowest BCUT2D eigenvalue weighted by Gasteiger charge is -2.21. The average Bonchev–Trinajstić information content (AvgIpc) is 2.72. The molecule has 2 aromatic carbocycles. The standard InChI is InChI=1S/C22H24N4O/c1-3-26(4-2)20-13-10-18(11-14-20)24-21-15-12-19(16-23-21)25-22(27)17-8-6-5-7-9-17/h5-16H,3-4H2,1-2H3,(H,23,24)(H,25,27). The van der Waals surface area contributed by atoms with Crippen molar-refractivity contribution in [2.75, 3.05) is 28.6 Å². The summed E-state index contributed by atoms with van der Waals surface area (Å²) in [6, 6.07) is 21.1. The quantitative estimate of drug-likeness (QED) is 0.628. The van der Waals surface area contributed by atoms with Gasteiger partial charge in [0.2, 0.25) is 0 Å². The monoisotopic (exact) mass is 360 g/mol.